The molecule has 2 unspecified atom stereocenters. The second-order valence-corrected chi connectivity index (χ2v) is 5.26. The highest BCUT2D eigenvalue weighted by Crippen LogP contribution is 2.15. The van der Waals surface area contributed by atoms with Crippen molar-refractivity contribution in [1.29, 1.82) is 0 Å². The molecule has 0 aromatic rings. The van der Waals surface area contributed by atoms with Crippen LogP contribution in [0.3, 0.4) is 0 Å². The average molecular weight is 258 g/mol. The van der Waals surface area contributed by atoms with E-state index in [1.807, 2.05) is 13.8 Å². The lowest BCUT2D eigenvalue weighted by Crippen LogP contribution is -2.63. The molecule has 1 rings (SSSR count). The Kier molecular flexibility index (Phi) is 5.82. The van der Waals surface area contributed by atoms with Crippen LogP contribution in [0, 0.1) is 0 Å². The Bertz CT molecular complexity index is 284. The lowest BCUT2D eigenvalue weighted by Gasteiger charge is -2.38. The van der Waals surface area contributed by atoms with Crippen molar-refractivity contribution in [2.24, 2.45) is 0 Å². The molecule has 98 valence electrons. The zero-order valence-electron chi connectivity index (χ0n) is 10.9. The summed E-state index contributed by atoms with van der Waals surface area (Å²) in [6, 6.07) is -0.591. The summed E-state index contributed by atoms with van der Waals surface area (Å²) in [5, 5.41) is 2.80. The largest absolute Gasteiger partial charge is 0.343 e. The van der Waals surface area contributed by atoms with Crippen LogP contribution in [0.4, 0.5) is 0 Å². The summed E-state index contributed by atoms with van der Waals surface area (Å²) in [6.45, 7) is 4.57. The molecular weight excluding hydrogens is 236 g/mol. The van der Waals surface area contributed by atoms with Crippen LogP contribution in [0.2, 0.25) is 0 Å². The van der Waals surface area contributed by atoms with Gasteiger partial charge in [0, 0.05) is 6.54 Å². The van der Waals surface area contributed by atoms with Crippen LogP contribution in [0.1, 0.15) is 33.1 Å². The minimum absolute atomic E-state index is 0.00287. The SMILES string of the molecule is CCC1NC(=O)C(CC)N(CCCSC)C1=O. The number of hydrogen-bond donors (Lipinski definition) is 1. The van der Waals surface area contributed by atoms with Gasteiger partial charge in [-0.25, -0.2) is 0 Å². The molecule has 0 aromatic heterocycles. The number of amides is 2. The van der Waals surface area contributed by atoms with Crippen molar-refractivity contribution in [3.05, 3.63) is 0 Å². The summed E-state index contributed by atoms with van der Waals surface area (Å²) in [5.74, 6) is 1.11. The maximum absolute atomic E-state index is 12.2. The van der Waals surface area contributed by atoms with Crippen LogP contribution in [0.15, 0.2) is 0 Å². The van der Waals surface area contributed by atoms with Crippen molar-refractivity contribution in [3.8, 4) is 0 Å². The van der Waals surface area contributed by atoms with Crippen LogP contribution >= 0.6 is 11.8 Å². The van der Waals surface area contributed by atoms with Crippen LogP contribution in [0.5, 0.6) is 0 Å². The molecule has 1 heterocycles. The molecule has 0 saturated carbocycles. The second kappa shape index (κ2) is 6.89. The predicted molar refractivity (Wildman–Crippen MR) is 71.0 cm³/mol. The Hall–Kier alpha value is -0.710. The molecule has 0 spiro atoms. The van der Waals surface area contributed by atoms with Gasteiger partial charge in [-0.05, 0) is 31.3 Å². The van der Waals surface area contributed by atoms with Crippen molar-refractivity contribution in [2.75, 3.05) is 18.6 Å². The van der Waals surface area contributed by atoms with E-state index in [-0.39, 0.29) is 23.9 Å². The Labute approximate surface area is 108 Å². The van der Waals surface area contributed by atoms with Gasteiger partial charge in [0.25, 0.3) is 0 Å². The Morgan fingerprint density at radius 3 is 2.53 bits per heavy atom. The smallest absolute Gasteiger partial charge is 0.245 e. The molecule has 0 radical (unpaired) electrons. The third-order valence-electron chi connectivity index (χ3n) is 3.12. The molecule has 4 nitrogen and oxygen atoms in total. The van der Waals surface area contributed by atoms with Gasteiger partial charge in [-0.2, -0.15) is 11.8 Å². The fraction of sp³-hybridized carbons (Fsp3) is 0.833. The fourth-order valence-corrected chi connectivity index (χ4v) is 2.57. The van der Waals surface area contributed by atoms with E-state index in [4.69, 9.17) is 0 Å². The fourth-order valence-electron chi connectivity index (χ4n) is 2.15. The van der Waals surface area contributed by atoms with Crippen molar-refractivity contribution < 1.29 is 9.59 Å². The number of carbonyl (C=O) groups excluding carboxylic acids is 2. The first-order chi connectivity index (χ1) is 8.15. The average Bonchev–Trinajstić information content (AvgIpc) is 2.33. The number of hydrogen-bond acceptors (Lipinski definition) is 3. The van der Waals surface area contributed by atoms with E-state index in [9.17, 15) is 9.59 Å². The van der Waals surface area contributed by atoms with Crippen LogP contribution in [0.25, 0.3) is 0 Å². The van der Waals surface area contributed by atoms with Gasteiger partial charge in [0.2, 0.25) is 11.8 Å². The van der Waals surface area contributed by atoms with Gasteiger partial charge in [-0.1, -0.05) is 13.8 Å². The van der Waals surface area contributed by atoms with E-state index >= 15 is 0 Å². The van der Waals surface area contributed by atoms with Gasteiger partial charge in [-0.3, -0.25) is 9.59 Å². The van der Waals surface area contributed by atoms with Crippen LogP contribution in [-0.2, 0) is 9.59 Å². The van der Waals surface area contributed by atoms with Crippen molar-refractivity contribution in [3.63, 3.8) is 0 Å². The zero-order chi connectivity index (χ0) is 12.8. The molecule has 0 aliphatic carbocycles. The summed E-state index contributed by atoms with van der Waals surface area (Å²) in [5.41, 5.74) is 0. The topological polar surface area (TPSA) is 49.4 Å². The van der Waals surface area contributed by atoms with E-state index in [1.54, 1.807) is 16.7 Å². The van der Waals surface area contributed by atoms with Crippen LogP contribution in [-0.4, -0.2) is 47.4 Å². The van der Waals surface area contributed by atoms with Gasteiger partial charge < -0.3 is 10.2 Å². The van der Waals surface area contributed by atoms with Gasteiger partial charge in [0.15, 0.2) is 0 Å². The molecule has 0 aromatic carbocycles. The van der Waals surface area contributed by atoms with Gasteiger partial charge in [0.1, 0.15) is 12.1 Å². The van der Waals surface area contributed by atoms with Crippen molar-refractivity contribution in [2.45, 2.75) is 45.2 Å². The number of carbonyl (C=O) groups is 2. The highest BCUT2D eigenvalue weighted by atomic mass is 32.2. The third-order valence-corrected chi connectivity index (χ3v) is 3.82. The van der Waals surface area contributed by atoms with E-state index in [2.05, 4.69) is 11.6 Å². The highest BCUT2D eigenvalue weighted by Gasteiger charge is 2.38. The normalized spacial score (nSPS) is 25.0. The molecule has 1 fully saturated rings. The van der Waals surface area contributed by atoms with Gasteiger partial charge in [-0.15, -0.1) is 0 Å². The molecular formula is C12H22N2O2S. The van der Waals surface area contributed by atoms with Crippen molar-refractivity contribution >= 4 is 23.6 Å². The Morgan fingerprint density at radius 1 is 1.29 bits per heavy atom. The number of piperazine rings is 1. The van der Waals surface area contributed by atoms with E-state index in [0.29, 0.717) is 19.4 Å². The van der Waals surface area contributed by atoms with Crippen LogP contribution < -0.4 is 5.32 Å². The summed E-state index contributed by atoms with van der Waals surface area (Å²) < 4.78 is 0. The number of thioether (sulfide) groups is 1. The monoisotopic (exact) mass is 258 g/mol. The molecule has 5 heteroatoms. The minimum atomic E-state index is -0.320. The molecule has 17 heavy (non-hydrogen) atoms. The van der Waals surface area contributed by atoms with Gasteiger partial charge in [0.05, 0.1) is 0 Å². The Morgan fingerprint density at radius 2 is 2.00 bits per heavy atom. The maximum atomic E-state index is 12.2. The number of rotatable bonds is 6. The summed E-state index contributed by atoms with van der Waals surface area (Å²) in [7, 11) is 0. The standard InChI is InChI=1S/C12H22N2O2S/c1-4-9-12(16)14(7-6-8-17-3)10(5-2)11(15)13-9/h9-10H,4-8H2,1-3H3,(H,13,15). The molecule has 0 bridgehead atoms. The summed E-state index contributed by atoms with van der Waals surface area (Å²) >= 11 is 1.77. The molecule has 1 saturated heterocycles. The van der Waals surface area contributed by atoms with E-state index < -0.39 is 0 Å². The first-order valence-corrected chi connectivity index (χ1v) is 7.64. The summed E-state index contributed by atoms with van der Waals surface area (Å²) in [4.78, 5) is 25.8. The molecule has 1 N–H and O–H groups in total. The highest BCUT2D eigenvalue weighted by molar-refractivity contribution is 7.98. The zero-order valence-corrected chi connectivity index (χ0v) is 11.7. The number of nitrogens with zero attached hydrogens (tertiary/aromatic N) is 1. The first-order valence-electron chi connectivity index (χ1n) is 6.25. The maximum Gasteiger partial charge on any atom is 0.245 e. The van der Waals surface area contributed by atoms with E-state index in [0.717, 1.165) is 12.2 Å². The lowest BCUT2D eigenvalue weighted by molar-refractivity contribution is -0.149. The third kappa shape index (κ3) is 3.37. The lowest BCUT2D eigenvalue weighted by atomic mass is 10.0. The summed E-state index contributed by atoms with van der Waals surface area (Å²) in [6.07, 6.45) is 4.36. The molecule has 1 aliphatic rings. The Balaban J connectivity index is 2.70. The van der Waals surface area contributed by atoms with Crippen molar-refractivity contribution in [1.82, 2.24) is 10.2 Å². The molecule has 2 atom stereocenters. The molecule has 1 aliphatic heterocycles. The predicted octanol–water partition coefficient (Wildman–Crippen LogP) is 1.26. The minimum Gasteiger partial charge on any atom is -0.343 e. The van der Waals surface area contributed by atoms with Gasteiger partial charge >= 0.3 is 0 Å². The second-order valence-electron chi connectivity index (χ2n) is 4.27. The number of nitrogens with one attached hydrogen (secondary N) is 1. The quantitative estimate of drug-likeness (QED) is 0.730. The first kappa shape index (κ1) is 14.4. The molecule has 2 amide bonds. The van der Waals surface area contributed by atoms with E-state index in [1.165, 1.54) is 0 Å².